The second-order valence-electron chi connectivity index (χ2n) is 5.41. The van der Waals surface area contributed by atoms with Crippen LogP contribution in [-0.4, -0.2) is 24.7 Å². The molecule has 3 N–H and O–H groups in total. The molecule has 0 saturated carbocycles. The van der Waals surface area contributed by atoms with Crippen molar-refractivity contribution in [3.8, 4) is 11.5 Å². The number of hydrogen-bond donors (Lipinski definition) is 2. The lowest BCUT2D eigenvalue weighted by molar-refractivity contribution is -0.128. The zero-order valence-electron chi connectivity index (χ0n) is 12.1. The number of nitrogens with two attached hydrogens (primary N) is 1. The van der Waals surface area contributed by atoms with E-state index in [4.69, 9.17) is 15.2 Å². The average molecular weight is 266 g/mol. The Labute approximate surface area is 114 Å². The standard InChI is InChI=1S/C14H22N2O3/c1-9(13(17)16-14(2,3)4)19-11-7-6-10(15)8-12(11)18-5/h6-9H,15H2,1-5H3,(H,16,17). The highest BCUT2D eigenvalue weighted by Gasteiger charge is 2.21. The third-order valence-corrected chi connectivity index (χ3v) is 2.36. The smallest absolute Gasteiger partial charge is 0.261 e. The molecule has 0 aliphatic rings. The molecule has 1 unspecified atom stereocenters. The van der Waals surface area contributed by atoms with Gasteiger partial charge in [0.25, 0.3) is 5.91 Å². The van der Waals surface area contributed by atoms with Crippen LogP contribution in [0.25, 0.3) is 0 Å². The van der Waals surface area contributed by atoms with Gasteiger partial charge in [-0.3, -0.25) is 4.79 Å². The largest absolute Gasteiger partial charge is 0.493 e. The Balaban J connectivity index is 2.76. The zero-order chi connectivity index (χ0) is 14.6. The number of rotatable bonds is 4. The van der Waals surface area contributed by atoms with E-state index in [2.05, 4.69) is 5.32 Å². The molecule has 0 aliphatic heterocycles. The van der Waals surface area contributed by atoms with Crippen molar-refractivity contribution in [3.05, 3.63) is 18.2 Å². The van der Waals surface area contributed by atoms with Crippen LogP contribution in [0.3, 0.4) is 0 Å². The van der Waals surface area contributed by atoms with Crippen LogP contribution >= 0.6 is 0 Å². The van der Waals surface area contributed by atoms with Gasteiger partial charge in [-0.2, -0.15) is 0 Å². The molecule has 1 rings (SSSR count). The summed E-state index contributed by atoms with van der Waals surface area (Å²) in [7, 11) is 1.53. The Morgan fingerprint density at radius 2 is 1.95 bits per heavy atom. The lowest BCUT2D eigenvalue weighted by atomic mass is 10.1. The van der Waals surface area contributed by atoms with Crippen LogP contribution in [0.15, 0.2) is 18.2 Å². The lowest BCUT2D eigenvalue weighted by Gasteiger charge is -2.24. The quantitative estimate of drug-likeness (QED) is 0.817. The predicted octanol–water partition coefficient (Wildman–Crippen LogP) is 1.96. The summed E-state index contributed by atoms with van der Waals surface area (Å²) in [6.45, 7) is 7.45. The van der Waals surface area contributed by atoms with Gasteiger partial charge in [-0.15, -0.1) is 0 Å². The van der Waals surface area contributed by atoms with E-state index >= 15 is 0 Å². The number of methoxy groups -OCH3 is 1. The van der Waals surface area contributed by atoms with Gasteiger partial charge in [-0.1, -0.05) is 0 Å². The predicted molar refractivity (Wildman–Crippen MR) is 75.4 cm³/mol. The van der Waals surface area contributed by atoms with Gasteiger partial charge < -0.3 is 20.5 Å². The van der Waals surface area contributed by atoms with Crippen molar-refractivity contribution >= 4 is 11.6 Å². The number of nitrogen functional groups attached to an aromatic ring is 1. The second-order valence-corrected chi connectivity index (χ2v) is 5.41. The van der Waals surface area contributed by atoms with E-state index in [1.807, 2.05) is 20.8 Å². The molecule has 1 aromatic rings. The number of carbonyl (C=O) groups excluding carboxylic acids is 1. The summed E-state index contributed by atoms with van der Waals surface area (Å²) in [5.41, 5.74) is 5.95. The summed E-state index contributed by atoms with van der Waals surface area (Å²) in [6, 6.07) is 5.05. The van der Waals surface area contributed by atoms with Crippen molar-refractivity contribution in [1.82, 2.24) is 5.32 Å². The van der Waals surface area contributed by atoms with E-state index in [9.17, 15) is 4.79 Å². The van der Waals surface area contributed by atoms with E-state index in [1.165, 1.54) is 7.11 Å². The monoisotopic (exact) mass is 266 g/mol. The number of nitrogens with one attached hydrogen (secondary N) is 1. The molecule has 19 heavy (non-hydrogen) atoms. The Morgan fingerprint density at radius 1 is 1.32 bits per heavy atom. The summed E-state index contributed by atoms with van der Waals surface area (Å²) >= 11 is 0. The van der Waals surface area contributed by atoms with Crippen LogP contribution in [-0.2, 0) is 4.79 Å². The number of benzene rings is 1. The second kappa shape index (κ2) is 5.82. The number of anilines is 1. The molecule has 0 aromatic heterocycles. The van der Waals surface area contributed by atoms with Gasteiger partial charge in [0.1, 0.15) is 0 Å². The Hall–Kier alpha value is -1.91. The summed E-state index contributed by atoms with van der Waals surface area (Å²) < 4.78 is 10.8. The molecule has 0 bridgehead atoms. The van der Waals surface area contributed by atoms with E-state index in [0.717, 1.165) is 0 Å². The average Bonchev–Trinajstić information content (AvgIpc) is 2.29. The van der Waals surface area contributed by atoms with Crippen molar-refractivity contribution in [2.45, 2.75) is 39.3 Å². The van der Waals surface area contributed by atoms with E-state index in [0.29, 0.717) is 17.2 Å². The molecule has 0 fully saturated rings. The van der Waals surface area contributed by atoms with Gasteiger partial charge >= 0.3 is 0 Å². The fourth-order valence-corrected chi connectivity index (χ4v) is 1.50. The molecule has 0 radical (unpaired) electrons. The maximum Gasteiger partial charge on any atom is 0.261 e. The van der Waals surface area contributed by atoms with Crippen LogP contribution < -0.4 is 20.5 Å². The molecule has 1 aromatic carbocycles. The highest BCUT2D eigenvalue weighted by atomic mass is 16.5. The minimum Gasteiger partial charge on any atom is -0.493 e. The highest BCUT2D eigenvalue weighted by molar-refractivity contribution is 5.81. The van der Waals surface area contributed by atoms with Crippen LogP contribution in [0, 0.1) is 0 Å². The SMILES string of the molecule is COc1cc(N)ccc1OC(C)C(=O)NC(C)(C)C. The van der Waals surface area contributed by atoms with Gasteiger partial charge in [0.2, 0.25) is 0 Å². The van der Waals surface area contributed by atoms with Crippen LogP contribution in [0.1, 0.15) is 27.7 Å². The van der Waals surface area contributed by atoms with Crippen molar-refractivity contribution in [3.63, 3.8) is 0 Å². The third kappa shape index (κ3) is 4.69. The van der Waals surface area contributed by atoms with Gasteiger partial charge in [-0.25, -0.2) is 0 Å². The first-order valence-corrected chi connectivity index (χ1v) is 6.15. The summed E-state index contributed by atoms with van der Waals surface area (Å²) in [5.74, 6) is 0.829. The topological polar surface area (TPSA) is 73.6 Å². The van der Waals surface area contributed by atoms with Crippen LogP contribution in [0.5, 0.6) is 11.5 Å². The normalized spacial score (nSPS) is 12.7. The summed E-state index contributed by atoms with van der Waals surface area (Å²) in [6.07, 6.45) is -0.614. The van der Waals surface area contributed by atoms with E-state index in [1.54, 1.807) is 25.1 Å². The fourth-order valence-electron chi connectivity index (χ4n) is 1.50. The van der Waals surface area contributed by atoms with Gasteiger partial charge in [-0.05, 0) is 39.8 Å². The maximum absolute atomic E-state index is 11.9. The van der Waals surface area contributed by atoms with Crippen molar-refractivity contribution in [2.75, 3.05) is 12.8 Å². The lowest BCUT2D eigenvalue weighted by Crippen LogP contribution is -2.46. The fraction of sp³-hybridized carbons (Fsp3) is 0.500. The van der Waals surface area contributed by atoms with Crippen molar-refractivity contribution in [1.29, 1.82) is 0 Å². The van der Waals surface area contributed by atoms with Crippen LogP contribution in [0.4, 0.5) is 5.69 Å². The van der Waals surface area contributed by atoms with E-state index < -0.39 is 6.10 Å². The first-order valence-electron chi connectivity index (χ1n) is 6.15. The number of amides is 1. The molecule has 0 heterocycles. The molecule has 0 saturated heterocycles. The molecule has 106 valence electrons. The summed E-state index contributed by atoms with van der Waals surface area (Å²) in [4.78, 5) is 11.9. The zero-order valence-corrected chi connectivity index (χ0v) is 12.1. The minimum atomic E-state index is -0.614. The number of hydrogen-bond acceptors (Lipinski definition) is 4. The van der Waals surface area contributed by atoms with Gasteiger partial charge in [0.05, 0.1) is 7.11 Å². The number of ether oxygens (including phenoxy) is 2. The number of carbonyl (C=O) groups is 1. The Morgan fingerprint density at radius 3 is 2.47 bits per heavy atom. The van der Waals surface area contributed by atoms with Crippen molar-refractivity contribution in [2.24, 2.45) is 0 Å². The highest BCUT2D eigenvalue weighted by Crippen LogP contribution is 2.29. The molecule has 0 aliphatic carbocycles. The molecule has 5 nitrogen and oxygen atoms in total. The minimum absolute atomic E-state index is 0.175. The Bertz CT molecular complexity index is 452. The molecule has 1 atom stereocenters. The molecule has 5 heteroatoms. The van der Waals surface area contributed by atoms with Crippen molar-refractivity contribution < 1.29 is 14.3 Å². The van der Waals surface area contributed by atoms with Crippen LogP contribution in [0.2, 0.25) is 0 Å². The summed E-state index contributed by atoms with van der Waals surface area (Å²) in [5, 5.41) is 2.86. The first kappa shape index (κ1) is 15.1. The molecular formula is C14H22N2O3. The first-order chi connectivity index (χ1) is 8.73. The third-order valence-electron chi connectivity index (χ3n) is 2.36. The van der Waals surface area contributed by atoms with Gasteiger partial charge in [0.15, 0.2) is 17.6 Å². The molecular weight excluding hydrogens is 244 g/mol. The molecule has 0 spiro atoms. The van der Waals surface area contributed by atoms with Gasteiger partial charge in [0, 0.05) is 17.3 Å². The maximum atomic E-state index is 11.9. The van der Waals surface area contributed by atoms with E-state index in [-0.39, 0.29) is 11.4 Å². The molecule has 1 amide bonds. The Kier molecular flexibility index (Phi) is 4.64.